The number of fused-ring (bicyclic) bond motifs is 2. The van der Waals surface area contributed by atoms with Crippen LogP contribution in [0.25, 0.3) is 0 Å². The fraction of sp³-hybridized carbons (Fsp3) is 0.366. The summed E-state index contributed by atoms with van der Waals surface area (Å²) in [5.41, 5.74) is 8.17. The molecule has 47 heavy (non-hydrogen) atoms. The zero-order valence-corrected chi connectivity index (χ0v) is 28.1. The van der Waals surface area contributed by atoms with E-state index < -0.39 is 5.79 Å². The number of nitrogens with zero attached hydrogens (tertiary/aromatic N) is 2. The third-order valence-electron chi connectivity index (χ3n) is 10.1. The van der Waals surface area contributed by atoms with Gasteiger partial charge in [-0.15, -0.1) is 0 Å². The second-order valence-electron chi connectivity index (χ2n) is 15.0. The van der Waals surface area contributed by atoms with Crippen LogP contribution >= 0.6 is 0 Å². The molecule has 0 aliphatic carbocycles. The number of ether oxygens (including phenoxy) is 4. The molecule has 6 nitrogen and oxygen atoms in total. The Morgan fingerprint density at radius 3 is 1.38 bits per heavy atom. The van der Waals surface area contributed by atoms with Gasteiger partial charge in [0, 0.05) is 34.8 Å². The fourth-order valence-corrected chi connectivity index (χ4v) is 7.96. The summed E-state index contributed by atoms with van der Waals surface area (Å²) < 4.78 is 27.0. The minimum atomic E-state index is -0.920. The van der Waals surface area contributed by atoms with Crippen molar-refractivity contribution in [3.05, 3.63) is 129 Å². The summed E-state index contributed by atoms with van der Waals surface area (Å²) in [5.74, 6) is 1.92. The monoisotopic (exact) mass is 626 g/mol. The van der Waals surface area contributed by atoms with Crippen molar-refractivity contribution in [1.29, 1.82) is 0 Å². The van der Waals surface area contributed by atoms with E-state index in [1.807, 2.05) is 36.4 Å². The second-order valence-corrected chi connectivity index (χ2v) is 15.0. The van der Waals surface area contributed by atoms with Gasteiger partial charge in [-0.1, -0.05) is 100 Å². The summed E-state index contributed by atoms with van der Waals surface area (Å²) in [6, 6.07) is 29.3. The van der Waals surface area contributed by atoms with Gasteiger partial charge in [0.15, 0.2) is 0 Å². The van der Waals surface area contributed by atoms with E-state index in [2.05, 4.69) is 90.1 Å². The Hall–Kier alpha value is -4.58. The molecule has 4 aromatic rings. The third kappa shape index (κ3) is 5.18. The molecule has 4 aliphatic heterocycles. The van der Waals surface area contributed by atoms with E-state index in [0.717, 1.165) is 56.0 Å². The summed E-state index contributed by atoms with van der Waals surface area (Å²) in [6.45, 7) is 14.4. The zero-order chi connectivity index (χ0) is 32.6. The predicted molar refractivity (Wildman–Crippen MR) is 185 cm³/mol. The molecule has 0 amide bonds. The maximum Gasteiger partial charge on any atom is 0.253 e. The first kappa shape index (κ1) is 29.8. The highest BCUT2D eigenvalue weighted by Crippen LogP contribution is 2.56. The quantitative estimate of drug-likeness (QED) is 0.227. The first-order valence-electron chi connectivity index (χ1n) is 16.7. The molecular formula is C41H42N2O4. The number of hydrogen-bond donors (Lipinski definition) is 0. The topological polar surface area (TPSA) is 61.6 Å². The largest absolute Gasteiger partial charge is 0.475 e. The van der Waals surface area contributed by atoms with E-state index in [9.17, 15) is 0 Å². The number of aliphatic imine (C=N–C) groups is 2. The van der Waals surface area contributed by atoms with Crippen molar-refractivity contribution in [3.63, 3.8) is 0 Å². The molecule has 0 N–H and O–H groups in total. The van der Waals surface area contributed by atoms with Gasteiger partial charge in [0.1, 0.15) is 36.8 Å². The van der Waals surface area contributed by atoms with Gasteiger partial charge in [0.2, 0.25) is 11.8 Å². The van der Waals surface area contributed by atoms with Gasteiger partial charge in [0.25, 0.3) is 5.79 Å². The van der Waals surface area contributed by atoms with Crippen LogP contribution in [0.4, 0.5) is 0 Å². The minimum absolute atomic E-state index is 0.0534. The van der Waals surface area contributed by atoms with Gasteiger partial charge in [-0.05, 0) is 48.2 Å². The van der Waals surface area contributed by atoms with Crippen LogP contribution < -0.4 is 9.47 Å². The average molecular weight is 627 g/mol. The van der Waals surface area contributed by atoms with E-state index in [1.165, 1.54) is 0 Å². The zero-order valence-electron chi connectivity index (χ0n) is 28.1. The Morgan fingerprint density at radius 2 is 0.979 bits per heavy atom. The molecule has 4 aromatic carbocycles. The van der Waals surface area contributed by atoms with E-state index >= 15 is 0 Å². The molecule has 0 bridgehead atoms. The van der Waals surface area contributed by atoms with Crippen LogP contribution in [0.2, 0.25) is 0 Å². The lowest BCUT2D eigenvalue weighted by molar-refractivity contribution is -0.166. The Balaban J connectivity index is 1.22. The van der Waals surface area contributed by atoms with Crippen LogP contribution in [0.15, 0.2) is 94.9 Å². The SMILES string of the molecule is Cc1cc(C2=N[C@@H](c3ccccc3)CO2)c2c(c1)C(C)(C)CC1(CC(C)(C)c3cc(C)cc(C4=N[C@@H](c5ccccc5)CO4)c3O1)O2. The van der Waals surface area contributed by atoms with Gasteiger partial charge in [-0.3, -0.25) is 0 Å². The highest BCUT2D eigenvalue weighted by Gasteiger charge is 2.55. The fourth-order valence-electron chi connectivity index (χ4n) is 7.96. The molecule has 0 aromatic heterocycles. The van der Waals surface area contributed by atoms with Gasteiger partial charge in [-0.2, -0.15) is 0 Å². The lowest BCUT2D eigenvalue weighted by Gasteiger charge is -2.52. The number of benzene rings is 4. The molecule has 4 heterocycles. The lowest BCUT2D eigenvalue weighted by atomic mass is 9.68. The van der Waals surface area contributed by atoms with Crippen molar-refractivity contribution < 1.29 is 18.9 Å². The summed E-state index contributed by atoms with van der Waals surface area (Å²) in [5, 5.41) is 0. The van der Waals surface area contributed by atoms with Crippen LogP contribution in [0, 0.1) is 13.8 Å². The summed E-state index contributed by atoms with van der Waals surface area (Å²) in [6.07, 6.45) is 1.37. The minimum Gasteiger partial charge on any atom is -0.475 e. The summed E-state index contributed by atoms with van der Waals surface area (Å²) in [7, 11) is 0. The number of hydrogen-bond acceptors (Lipinski definition) is 6. The van der Waals surface area contributed by atoms with E-state index in [0.29, 0.717) is 37.9 Å². The molecule has 240 valence electrons. The van der Waals surface area contributed by atoms with E-state index in [4.69, 9.17) is 28.9 Å². The highest BCUT2D eigenvalue weighted by molar-refractivity contribution is 5.99. The van der Waals surface area contributed by atoms with Gasteiger partial charge >= 0.3 is 0 Å². The molecule has 0 unspecified atom stereocenters. The van der Waals surface area contributed by atoms with Crippen LogP contribution in [-0.4, -0.2) is 30.8 Å². The first-order chi connectivity index (χ1) is 22.5. The van der Waals surface area contributed by atoms with Crippen molar-refractivity contribution in [2.75, 3.05) is 13.2 Å². The second kappa shape index (κ2) is 10.7. The maximum atomic E-state index is 7.20. The van der Waals surface area contributed by atoms with E-state index in [1.54, 1.807) is 0 Å². The normalized spacial score (nSPS) is 22.9. The van der Waals surface area contributed by atoms with Crippen molar-refractivity contribution in [2.24, 2.45) is 9.98 Å². The molecular weight excluding hydrogens is 584 g/mol. The van der Waals surface area contributed by atoms with Crippen LogP contribution in [0.5, 0.6) is 11.5 Å². The molecule has 2 atom stereocenters. The highest BCUT2D eigenvalue weighted by atomic mass is 16.7. The lowest BCUT2D eigenvalue weighted by Crippen LogP contribution is -2.56. The van der Waals surface area contributed by atoms with Gasteiger partial charge in [-0.25, -0.2) is 9.98 Å². The van der Waals surface area contributed by atoms with Crippen LogP contribution in [0.3, 0.4) is 0 Å². The maximum absolute atomic E-state index is 7.20. The van der Waals surface area contributed by atoms with Gasteiger partial charge in [0.05, 0.1) is 11.1 Å². The standard InChI is InChI=1S/C41H42N2O4/c1-25-17-29(37-42-33(21-44-37)27-13-9-7-10-14-27)35-31(19-25)39(3,4)23-41(46-35)24-40(5,6)32-20-26(2)18-30(36(32)47-41)38-43-34(22-45-38)28-15-11-8-12-16-28/h7-20,33-34H,21-24H2,1-6H3/t33-,34-,41?/m1/s1. The third-order valence-corrected chi connectivity index (χ3v) is 10.1. The molecule has 4 aliphatic rings. The molecule has 8 rings (SSSR count). The van der Waals surface area contributed by atoms with Crippen LogP contribution in [0.1, 0.15) is 97.1 Å². The van der Waals surface area contributed by atoms with E-state index in [-0.39, 0.29) is 22.9 Å². The molecule has 0 radical (unpaired) electrons. The molecule has 0 saturated heterocycles. The molecule has 0 saturated carbocycles. The Morgan fingerprint density at radius 1 is 0.574 bits per heavy atom. The van der Waals surface area contributed by atoms with Crippen molar-refractivity contribution in [3.8, 4) is 11.5 Å². The Labute approximate surface area is 277 Å². The molecule has 1 spiro atoms. The summed E-state index contributed by atoms with van der Waals surface area (Å²) >= 11 is 0. The van der Waals surface area contributed by atoms with Crippen molar-refractivity contribution in [1.82, 2.24) is 0 Å². The summed E-state index contributed by atoms with van der Waals surface area (Å²) in [4.78, 5) is 10.1. The predicted octanol–water partition coefficient (Wildman–Crippen LogP) is 8.86. The first-order valence-corrected chi connectivity index (χ1v) is 16.7. The molecule has 0 fully saturated rings. The Bertz CT molecular complexity index is 1790. The smallest absolute Gasteiger partial charge is 0.253 e. The van der Waals surface area contributed by atoms with Gasteiger partial charge < -0.3 is 18.9 Å². The van der Waals surface area contributed by atoms with Crippen LogP contribution in [-0.2, 0) is 20.3 Å². The number of aryl methyl sites for hydroxylation is 2. The Kier molecular flexibility index (Phi) is 6.80. The average Bonchev–Trinajstić information content (AvgIpc) is 3.73. The van der Waals surface area contributed by atoms with Crippen molar-refractivity contribution in [2.45, 2.75) is 83.1 Å². The number of rotatable bonds is 4. The van der Waals surface area contributed by atoms with Crippen molar-refractivity contribution >= 4 is 11.8 Å². The molecule has 6 heteroatoms.